The van der Waals surface area contributed by atoms with E-state index in [0.717, 1.165) is 64.2 Å². The van der Waals surface area contributed by atoms with Crippen LogP contribution in [0, 0.1) is 0 Å². The Morgan fingerprint density at radius 1 is 0.292 bits per heavy atom. The zero-order valence-corrected chi connectivity index (χ0v) is 43.8. The summed E-state index contributed by atoms with van der Waals surface area (Å²) in [4.78, 5) is 38.1. The van der Waals surface area contributed by atoms with Gasteiger partial charge in [0.2, 0.25) is 0 Å². The number of carbonyl (C=O) groups excluding carboxylic acids is 3. The molecule has 0 aromatic heterocycles. The van der Waals surface area contributed by atoms with E-state index in [1.807, 2.05) is 0 Å². The van der Waals surface area contributed by atoms with Crippen LogP contribution in [-0.2, 0) is 28.6 Å². The molecule has 6 heteroatoms. The third-order valence-electron chi connectivity index (χ3n) is 12.9. The van der Waals surface area contributed by atoms with Gasteiger partial charge in [0.05, 0.1) is 0 Å². The predicted octanol–water partition coefficient (Wildman–Crippen LogP) is 19.1. The first-order valence-corrected chi connectivity index (χ1v) is 28.8. The van der Waals surface area contributed by atoms with Gasteiger partial charge in [-0.15, -0.1) is 0 Å². The number of rotatable bonds is 53. The minimum atomic E-state index is -0.770. The second-order valence-electron chi connectivity index (χ2n) is 19.6. The van der Waals surface area contributed by atoms with Crippen LogP contribution in [0.2, 0.25) is 0 Å². The molecule has 0 unspecified atom stereocenters. The molecule has 0 bridgehead atoms. The summed E-state index contributed by atoms with van der Waals surface area (Å²) < 4.78 is 16.8. The molecule has 0 aliphatic rings. The van der Waals surface area contributed by atoms with Crippen LogP contribution < -0.4 is 0 Å². The maximum atomic E-state index is 12.8. The summed E-state index contributed by atoms with van der Waals surface area (Å²) in [6.07, 6.45) is 63.1. The Balaban J connectivity index is 4.27. The lowest BCUT2D eigenvalue weighted by atomic mass is 10.0. The van der Waals surface area contributed by atoms with Gasteiger partial charge in [-0.05, 0) is 64.2 Å². The molecule has 0 aromatic carbocycles. The Labute approximate surface area is 404 Å². The van der Waals surface area contributed by atoms with Crippen molar-refractivity contribution in [1.82, 2.24) is 0 Å². The van der Waals surface area contributed by atoms with Crippen molar-refractivity contribution >= 4 is 17.9 Å². The van der Waals surface area contributed by atoms with Crippen LogP contribution in [-0.4, -0.2) is 37.2 Å². The summed E-state index contributed by atoms with van der Waals surface area (Å²) in [6, 6.07) is 0. The molecule has 1 atom stereocenters. The van der Waals surface area contributed by atoms with E-state index in [0.29, 0.717) is 19.3 Å². The first-order chi connectivity index (χ1) is 32.0. The molecule has 0 aliphatic heterocycles. The van der Waals surface area contributed by atoms with Crippen molar-refractivity contribution in [3.63, 3.8) is 0 Å². The van der Waals surface area contributed by atoms with Gasteiger partial charge in [0.25, 0.3) is 0 Å². The number of carbonyl (C=O) groups is 3. The molecule has 0 rings (SSSR count). The largest absolute Gasteiger partial charge is 0.462 e. The maximum Gasteiger partial charge on any atom is 0.306 e. The highest BCUT2D eigenvalue weighted by molar-refractivity contribution is 5.71. The number of ether oxygens (including phenoxy) is 3. The summed E-state index contributed by atoms with van der Waals surface area (Å²) in [7, 11) is 0. The van der Waals surface area contributed by atoms with E-state index in [-0.39, 0.29) is 31.1 Å². The first kappa shape index (κ1) is 62.9. The van der Waals surface area contributed by atoms with Crippen molar-refractivity contribution in [2.75, 3.05) is 13.2 Å². The summed E-state index contributed by atoms with van der Waals surface area (Å²) >= 11 is 0. The van der Waals surface area contributed by atoms with E-state index in [4.69, 9.17) is 14.2 Å². The van der Waals surface area contributed by atoms with Gasteiger partial charge < -0.3 is 14.2 Å². The SMILES string of the molecule is CCCC/C=C\CCCCCCCC(=O)OC[C@H](COC(=O)CCCCCCCCCCCCCCCCC)OC(=O)CCCCCCCCCCCCC/C=C\CCCCCCCC. The van der Waals surface area contributed by atoms with E-state index in [1.165, 1.54) is 212 Å². The summed E-state index contributed by atoms with van der Waals surface area (Å²) in [5.74, 6) is -0.862. The molecule has 0 spiro atoms. The second kappa shape index (κ2) is 54.5. The maximum absolute atomic E-state index is 12.8. The molecule has 0 fully saturated rings. The fraction of sp³-hybridized carbons (Fsp3) is 0.881. The average Bonchev–Trinajstić information content (AvgIpc) is 3.30. The smallest absolute Gasteiger partial charge is 0.306 e. The third-order valence-corrected chi connectivity index (χ3v) is 12.9. The standard InChI is InChI=1S/C59H110O6/c1-4-7-10-13-16-19-22-24-26-27-28-29-30-31-33-35-38-41-44-47-50-53-59(62)65-56(54-63-57(60)51-48-45-42-39-36-21-18-15-12-9-6-3)55-64-58(61)52-49-46-43-40-37-34-32-25-23-20-17-14-11-8-5-2/h15,18,24,26,56H,4-14,16-17,19-23,25,27-55H2,1-3H3/b18-15-,26-24-/t56-/m1/s1. The zero-order valence-electron chi connectivity index (χ0n) is 43.8. The quantitative estimate of drug-likeness (QED) is 0.0262. The fourth-order valence-corrected chi connectivity index (χ4v) is 8.54. The Morgan fingerprint density at radius 3 is 0.815 bits per heavy atom. The molecule has 0 heterocycles. The molecule has 0 amide bonds. The number of allylic oxidation sites excluding steroid dienone is 4. The average molecular weight is 916 g/mol. The molecule has 0 aromatic rings. The topological polar surface area (TPSA) is 78.9 Å². The van der Waals surface area contributed by atoms with Gasteiger partial charge in [0, 0.05) is 19.3 Å². The third kappa shape index (κ3) is 52.7. The number of hydrogen-bond acceptors (Lipinski definition) is 6. The Morgan fingerprint density at radius 2 is 0.523 bits per heavy atom. The summed E-state index contributed by atoms with van der Waals surface area (Å²) in [5.41, 5.74) is 0. The van der Waals surface area contributed by atoms with Crippen molar-refractivity contribution in [3.8, 4) is 0 Å². The molecule has 65 heavy (non-hydrogen) atoms. The van der Waals surface area contributed by atoms with Crippen LogP contribution in [0.1, 0.15) is 316 Å². The Hall–Kier alpha value is -2.11. The van der Waals surface area contributed by atoms with Crippen molar-refractivity contribution in [2.45, 2.75) is 322 Å². The summed E-state index contributed by atoms with van der Waals surface area (Å²) in [6.45, 7) is 6.63. The lowest BCUT2D eigenvalue weighted by Gasteiger charge is -2.18. The minimum absolute atomic E-state index is 0.0696. The van der Waals surface area contributed by atoms with Gasteiger partial charge in [-0.2, -0.15) is 0 Å². The normalized spacial score (nSPS) is 12.1. The highest BCUT2D eigenvalue weighted by atomic mass is 16.6. The van der Waals surface area contributed by atoms with E-state index in [1.54, 1.807) is 0 Å². The van der Waals surface area contributed by atoms with Crippen LogP contribution >= 0.6 is 0 Å². The highest BCUT2D eigenvalue weighted by Crippen LogP contribution is 2.17. The van der Waals surface area contributed by atoms with Crippen LogP contribution in [0.4, 0.5) is 0 Å². The van der Waals surface area contributed by atoms with Crippen molar-refractivity contribution in [3.05, 3.63) is 24.3 Å². The predicted molar refractivity (Wildman–Crippen MR) is 279 cm³/mol. The van der Waals surface area contributed by atoms with Crippen molar-refractivity contribution in [2.24, 2.45) is 0 Å². The van der Waals surface area contributed by atoms with E-state index in [2.05, 4.69) is 45.1 Å². The van der Waals surface area contributed by atoms with Crippen molar-refractivity contribution in [1.29, 1.82) is 0 Å². The van der Waals surface area contributed by atoms with Crippen LogP contribution in [0.15, 0.2) is 24.3 Å². The number of unbranched alkanes of at least 4 members (excludes halogenated alkanes) is 38. The van der Waals surface area contributed by atoms with Gasteiger partial charge >= 0.3 is 17.9 Å². The Kier molecular flexibility index (Phi) is 52.7. The van der Waals surface area contributed by atoms with E-state index in [9.17, 15) is 14.4 Å². The lowest BCUT2D eigenvalue weighted by molar-refractivity contribution is -0.167. The molecular formula is C59H110O6. The van der Waals surface area contributed by atoms with Gasteiger partial charge in [-0.25, -0.2) is 0 Å². The fourth-order valence-electron chi connectivity index (χ4n) is 8.54. The van der Waals surface area contributed by atoms with Crippen molar-refractivity contribution < 1.29 is 28.6 Å². The van der Waals surface area contributed by atoms with Gasteiger partial charge in [0.15, 0.2) is 6.10 Å². The molecule has 0 aliphatic carbocycles. The Bertz CT molecular complexity index is 1050. The molecule has 382 valence electrons. The first-order valence-electron chi connectivity index (χ1n) is 28.8. The minimum Gasteiger partial charge on any atom is -0.462 e. The highest BCUT2D eigenvalue weighted by Gasteiger charge is 2.19. The molecule has 0 saturated heterocycles. The molecule has 0 saturated carbocycles. The number of hydrogen-bond donors (Lipinski definition) is 0. The molecular weight excluding hydrogens is 805 g/mol. The van der Waals surface area contributed by atoms with Gasteiger partial charge in [0.1, 0.15) is 13.2 Å². The molecule has 6 nitrogen and oxygen atoms in total. The van der Waals surface area contributed by atoms with Gasteiger partial charge in [-0.1, -0.05) is 257 Å². The van der Waals surface area contributed by atoms with E-state index >= 15 is 0 Å². The monoisotopic (exact) mass is 915 g/mol. The number of esters is 3. The molecule has 0 N–H and O–H groups in total. The van der Waals surface area contributed by atoms with E-state index < -0.39 is 6.10 Å². The second-order valence-corrected chi connectivity index (χ2v) is 19.6. The lowest BCUT2D eigenvalue weighted by Crippen LogP contribution is -2.30. The van der Waals surface area contributed by atoms with Gasteiger partial charge in [-0.3, -0.25) is 14.4 Å². The van der Waals surface area contributed by atoms with Crippen LogP contribution in [0.5, 0.6) is 0 Å². The summed E-state index contributed by atoms with van der Waals surface area (Å²) in [5, 5.41) is 0. The van der Waals surface area contributed by atoms with Crippen LogP contribution in [0.25, 0.3) is 0 Å². The zero-order chi connectivity index (χ0) is 47.2. The van der Waals surface area contributed by atoms with Crippen LogP contribution in [0.3, 0.4) is 0 Å². The molecule has 0 radical (unpaired) electrons.